The molecule has 0 bridgehead atoms. The van der Waals surface area contributed by atoms with Gasteiger partial charge < -0.3 is 14.2 Å². The second-order valence-electron chi connectivity index (χ2n) is 17.1. The Morgan fingerprint density at radius 2 is 0.607 bits per heavy atom. The zero-order valence-electron chi connectivity index (χ0n) is 40.2. The molecule has 0 aromatic carbocycles. The summed E-state index contributed by atoms with van der Waals surface area (Å²) >= 11 is 0. The van der Waals surface area contributed by atoms with E-state index in [1.807, 2.05) is 0 Å². The van der Waals surface area contributed by atoms with Gasteiger partial charge in [0, 0.05) is 19.3 Å². The molecule has 0 aliphatic heterocycles. The summed E-state index contributed by atoms with van der Waals surface area (Å²) in [5.41, 5.74) is 0. The average Bonchev–Trinajstić information content (AvgIpc) is 3.26. The highest BCUT2D eigenvalue weighted by atomic mass is 16.6. The van der Waals surface area contributed by atoms with Gasteiger partial charge >= 0.3 is 17.9 Å². The summed E-state index contributed by atoms with van der Waals surface area (Å²) in [5.74, 6) is -0.939. The van der Waals surface area contributed by atoms with Crippen molar-refractivity contribution >= 4 is 17.9 Å². The maximum atomic E-state index is 12.8. The third-order valence-electron chi connectivity index (χ3n) is 11.0. The molecule has 0 aromatic heterocycles. The van der Waals surface area contributed by atoms with Crippen molar-refractivity contribution in [3.05, 3.63) is 60.8 Å². The molecule has 0 rings (SSSR count). The van der Waals surface area contributed by atoms with Crippen LogP contribution in [-0.2, 0) is 28.6 Å². The maximum Gasteiger partial charge on any atom is 0.306 e. The quantitative estimate of drug-likeness (QED) is 0.0263. The fourth-order valence-corrected chi connectivity index (χ4v) is 7.03. The third kappa shape index (κ3) is 48.0. The SMILES string of the molecule is CCCCC/C=C\C/C=C\CCCCCCCCCC(=O)OCC(COC(=O)CCC/C=C\CCCCCC)OC(=O)CCCCCCCCC/C=C\C/C=C\CCCCC. The number of hydrogen-bond donors (Lipinski definition) is 0. The van der Waals surface area contributed by atoms with Gasteiger partial charge in [-0.1, -0.05) is 191 Å². The van der Waals surface area contributed by atoms with E-state index in [4.69, 9.17) is 14.2 Å². The van der Waals surface area contributed by atoms with Gasteiger partial charge in [-0.05, 0) is 103 Å². The summed E-state index contributed by atoms with van der Waals surface area (Å²) in [4.78, 5) is 37.9. The summed E-state index contributed by atoms with van der Waals surface area (Å²) in [6.07, 6.45) is 60.7. The largest absolute Gasteiger partial charge is 0.462 e. The van der Waals surface area contributed by atoms with Gasteiger partial charge in [-0.25, -0.2) is 0 Å². The normalized spacial score (nSPS) is 12.5. The van der Waals surface area contributed by atoms with Crippen molar-refractivity contribution in [1.29, 1.82) is 0 Å². The zero-order chi connectivity index (χ0) is 44.4. The first kappa shape index (κ1) is 58.1. The second-order valence-corrected chi connectivity index (χ2v) is 17.1. The summed E-state index contributed by atoms with van der Waals surface area (Å²) < 4.78 is 16.7. The van der Waals surface area contributed by atoms with Crippen molar-refractivity contribution in [1.82, 2.24) is 0 Å². The molecular formula is C55H96O6. The van der Waals surface area contributed by atoms with Crippen molar-refractivity contribution in [2.45, 2.75) is 258 Å². The van der Waals surface area contributed by atoms with Gasteiger partial charge in [-0.3, -0.25) is 14.4 Å². The van der Waals surface area contributed by atoms with Crippen LogP contribution in [0.5, 0.6) is 0 Å². The monoisotopic (exact) mass is 853 g/mol. The van der Waals surface area contributed by atoms with Crippen LogP contribution in [0.4, 0.5) is 0 Å². The molecule has 1 unspecified atom stereocenters. The fraction of sp³-hybridized carbons (Fsp3) is 0.764. The topological polar surface area (TPSA) is 78.9 Å². The lowest BCUT2D eigenvalue weighted by Gasteiger charge is -2.18. The van der Waals surface area contributed by atoms with Crippen LogP contribution in [0.2, 0.25) is 0 Å². The van der Waals surface area contributed by atoms with E-state index in [2.05, 4.69) is 81.5 Å². The van der Waals surface area contributed by atoms with Crippen molar-refractivity contribution in [2.75, 3.05) is 13.2 Å². The minimum absolute atomic E-state index is 0.0900. The van der Waals surface area contributed by atoms with Crippen LogP contribution >= 0.6 is 0 Å². The molecule has 0 saturated carbocycles. The smallest absolute Gasteiger partial charge is 0.306 e. The predicted molar refractivity (Wildman–Crippen MR) is 261 cm³/mol. The molecule has 0 aliphatic rings. The van der Waals surface area contributed by atoms with E-state index >= 15 is 0 Å². The number of carbonyl (C=O) groups is 3. The number of hydrogen-bond acceptors (Lipinski definition) is 6. The Kier molecular flexibility index (Phi) is 47.4. The number of unbranched alkanes of at least 4 members (excludes halogenated alkanes) is 25. The minimum atomic E-state index is -0.791. The Morgan fingerprint density at radius 3 is 1.02 bits per heavy atom. The lowest BCUT2D eigenvalue weighted by Crippen LogP contribution is -2.30. The van der Waals surface area contributed by atoms with Crippen molar-refractivity contribution in [3.63, 3.8) is 0 Å². The Balaban J connectivity index is 4.36. The number of rotatable bonds is 46. The molecule has 1 atom stereocenters. The van der Waals surface area contributed by atoms with E-state index in [0.29, 0.717) is 25.7 Å². The molecule has 0 heterocycles. The van der Waals surface area contributed by atoms with Crippen LogP contribution in [0.25, 0.3) is 0 Å². The Labute approximate surface area is 377 Å². The van der Waals surface area contributed by atoms with Gasteiger partial charge in [0.25, 0.3) is 0 Å². The van der Waals surface area contributed by atoms with Crippen LogP contribution in [0.15, 0.2) is 60.8 Å². The average molecular weight is 853 g/mol. The van der Waals surface area contributed by atoms with Gasteiger partial charge in [0.1, 0.15) is 13.2 Å². The third-order valence-corrected chi connectivity index (χ3v) is 11.0. The summed E-state index contributed by atoms with van der Waals surface area (Å²) in [5, 5.41) is 0. The van der Waals surface area contributed by atoms with E-state index < -0.39 is 6.10 Å². The van der Waals surface area contributed by atoms with Crippen LogP contribution < -0.4 is 0 Å². The van der Waals surface area contributed by atoms with Crippen molar-refractivity contribution in [3.8, 4) is 0 Å². The molecule has 352 valence electrons. The molecule has 61 heavy (non-hydrogen) atoms. The van der Waals surface area contributed by atoms with Crippen LogP contribution in [0.3, 0.4) is 0 Å². The molecule has 6 heteroatoms. The van der Waals surface area contributed by atoms with E-state index in [9.17, 15) is 14.4 Å². The van der Waals surface area contributed by atoms with Gasteiger partial charge in [0.2, 0.25) is 0 Å². The lowest BCUT2D eigenvalue weighted by molar-refractivity contribution is -0.167. The zero-order valence-corrected chi connectivity index (χ0v) is 40.2. The highest BCUT2D eigenvalue weighted by molar-refractivity contribution is 5.71. The minimum Gasteiger partial charge on any atom is -0.462 e. The summed E-state index contributed by atoms with van der Waals surface area (Å²) in [6, 6.07) is 0. The second kappa shape index (κ2) is 49.8. The number of allylic oxidation sites excluding steroid dienone is 10. The van der Waals surface area contributed by atoms with Gasteiger partial charge in [0.15, 0.2) is 6.10 Å². The van der Waals surface area contributed by atoms with Crippen LogP contribution in [-0.4, -0.2) is 37.2 Å². The maximum absolute atomic E-state index is 12.8. The first-order valence-corrected chi connectivity index (χ1v) is 25.8. The van der Waals surface area contributed by atoms with E-state index in [-0.39, 0.29) is 31.1 Å². The number of esters is 3. The lowest BCUT2D eigenvalue weighted by atomic mass is 10.1. The Morgan fingerprint density at radius 1 is 0.328 bits per heavy atom. The molecule has 0 aromatic rings. The Bertz CT molecular complexity index is 1120. The van der Waals surface area contributed by atoms with E-state index in [1.165, 1.54) is 128 Å². The fourth-order valence-electron chi connectivity index (χ4n) is 7.03. The molecule has 0 saturated heterocycles. The molecule has 0 aliphatic carbocycles. The first-order chi connectivity index (χ1) is 30.0. The summed E-state index contributed by atoms with van der Waals surface area (Å²) in [7, 11) is 0. The van der Waals surface area contributed by atoms with Crippen molar-refractivity contribution < 1.29 is 28.6 Å². The standard InChI is InChI=1S/C55H96O6/c1-4-7-10-13-16-19-21-23-25-27-29-31-33-36-39-42-45-48-54(57)60-51-52(50-59-53(56)47-44-41-38-35-18-15-12-9-6-3)61-55(58)49-46-43-40-37-34-32-30-28-26-24-22-20-17-14-11-8-5-2/h16-17,19-20,23-26,35,38,52H,4-15,18,21-22,27-34,36-37,39-51H2,1-3H3/b19-16-,20-17-,25-23-,26-24-,38-35-. The Hall–Kier alpha value is -2.89. The predicted octanol–water partition coefficient (Wildman–Crippen LogP) is 16.9. The van der Waals surface area contributed by atoms with Crippen LogP contribution in [0, 0.1) is 0 Å². The highest BCUT2D eigenvalue weighted by Crippen LogP contribution is 2.14. The molecule has 6 nitrogen and oxygen atoms in total. The van der Waals surface area contributed by atoms with Gasteiger partial charge in [-0.2, -0.15) is 0 Å². The van der Waals surface area contributed by atoms with Gasteiger partial charge in [0.05, 0.1) is 0 Å². The first-order valence-electron chi connectivity index (χ1n) is 25.8. The van der Waals surface area contributed by atoms with Gasteiger partial charge in [-0.15, -0.1) is 0 Å². The van der Waals surface area contributed by atoms with Crippen molar-refractivity contribution in [2.24, 2.45) is 0 Å². The number of ether oxygens (including phenoxy) is 3. The molecule has 0 N–H and O–H groups in total. The molecule has 0 radical (unpaired) electrons. The number of carbonyl (C=O) groups excluding carboxylic acids is 3. The summed E-state index contributed by atoms with van der Waals surface area (Å²) in [6.45, 7) is 6.52. The highest BCUT2D eigenvalue weighted by Gasteiger charge is 2.19. The molecular weight excluding hydrogens is 757 g/mol. The molecule has 0 fully saturated rings. The molecule has 0 spiro atoms. The van der Waals surface area contributed by atoms with Crippen LogP contribution in [0.1, 0.15) is 252 Å². The van der Waals surface area contributed by atoms with E-state index in [1.54, 1.807) is 0 Å². The molecule has 0 amide bonds. The van der Waals surface area contributed by atoms with E-state index in [0.717, 1.165) is 77.0 Å².